The van der Waals surface area contributed by atoms with Gasteiger partial charge in [-0.15, -0.1) is 11.6 Å². The molecule has 0 rings (SSSR count). The molecule has 0 aromatic heterocycles. The molecule has 0 aliphatic heterocycles. The molecule has 0 fully saturated rings. The van der Waals surface area contributed by atoms with Gasteiger partial charge in [-0.05, 0) is 24.7 Å². The van der Waals surface area contributed by atoms with E-state index in [0.29, 0.717) is 5.92 Å². The molecule has 0 aliphatic rings. The van der Waals surface area contributed by atoms with Gasteiger partial charge >= 0.3 is 0 Å². The lowest BCUT2D eigenvalue weighted by Crippen LogP contribution is -2.27. The van der Waals surface area contributed by atoms with E-state index in [1.54, 1.807) is 7.11 Å². The molecule has 0 aliphatic carbocycles. The van der Waals surface area contributed by atoms with Crippen molar-refractivity contribution in [2.75, 3.05) is 13.7 Å². The number of hydrogen-bond donors (Lipinski definition) is 0. The lowest BCUT2D eigenvalue weighted by molar-refractivity contribution is 0.0863. The summed E-state index contributed by atoms with van der Waals surface area (Å²) in [5.41, 5.74) is 0.275. The van der Waals surface area contributed by atoms with Crippen LogP contribution in [0, 0.1) is 11.3 Å². The Balaban J connectivity index is 3.99. The van der Waals surface area contributed by atoms with Crippen LogP contribution >= 0.6 is 11.6 Å². The van der Waals surface area contributed by atoms with Crippen molar-refractivity contribution in [2.45, 2.75) is 39.5 Å². The number of hydrogen-bond acceptors (Lipinski definition) is 1. The Morgan fingerprint density at radius 2 is 1.83 bits per heavy atom. The number of rotatable bonds is 5. The van der Waals surface area contributed by atoms with Crippen molar-refractivity contribution in [2.24, 2.45) is 11.3 Å². The van der Waals surface area contributed by atoms with E-state index >= 15 is 0 Å². The summed E-state index contributed by atoms with van der Waals surface area (Å²) in [6.07, 6.45) is 1.04. The van der Waals surface area contributed by atoms with E-state index in [2.05, 4.69) is 20.8 Å². The standard InChI is InChI=1S/C10H21ClO/c1-8(7-12-5)10(3,4)6-9(2)11/h8-9H,6-7H2,1-5H3. The van der Waals surface area contributed by atoms with Crippen molar-refractivity contribution in [3.8, 4) is 0 Å². The molecule has 74 valence electrons. The van der Waals surface area contributed by atoms with Gasteiger partial charge in [-0.1, -0.05) is 20.8 Å². The number of ether oxygens (including phenoxy) is 1. The zero-order chi connectivity index (χ0) is 9.78. The minimum Gasteiger partial charge on any atom is -0.384 e. The molecule has 12 heavy (non-hydrogen) atoms. The summed E-state index contributed by atoms with van der Waals surface area (Å²) < 4.78 is 5.13. The van der Waals surface area contributed by atoms with Crippen LogP contribution in [0.3, 0.4) is 0 Å². The number of halogens is 1. The Kier molecular flexibility index (Phi) is 5.19. The van der Waals surface area contributed by atoms with Crippen LogP contribution in [0.4, 0.5) is 0 Å². The SMILES string of the molecule is COCC(C)C(C)(C)CC(C)Cl. The van der Waals surface area contributed by atoms with Crippen LogP contribution in [0.2, 0.25) is 0 Å². The average Bonchev–Trinajstić information content (AvgIpc) is 1.85. The molecule has 0 saturated carbocycles. The van der Waals surface area contributed by atoms with Crippen molar-refractivity contribution in [3.63, 3.8) is 0 Å². The minimum atomic E-state index is 0.249. The van der Waals surface area contributed by atoms with Crippen LogP contribution in [0.15, 0.2) is 0 Å². The van der Waals surface area contributed by atoms with Crippen LogP contribution in [0.25, 0.3) is 0 Å². The minimum absolute atomic E-state index is 0.249. The zero-order valence-electron chi connectivity index (χ0n) is 8.86. The fourth-order valence-electron chi connectivity index (χ4n) is 1.40. The summed E-state index contributed by atoms with van der Waals surface area (Å²) in [5, 5.41) is 0.249. The first-order valence-corrected chi connectivity index (χ1v) is 4.97. The highest BCUT2D eigenvalue weighted by Gasteiger charge is 2.26. The molecule has 0 aromatic rings. The molecule has 0 N–H and O–H groups in total. The van der Waals surface area contributed by atoms with Gasteiger partial charge in [0.2, 0.25) is 0 Å². The first-order valence-electron chi connectivity index (χ1n) is 4.53. The average molecular weight is 193 g/mol. The maximum absolute atomic E-state index is 5.97. The monoisotopic (exact) mass is 192 g/mol. The lowest BCUT2D eigenvalue weighted by Gasteiger charge is -2.32. The Morgan fingerprint density at radius 1 is 1.33 bits per heavy atom. The molecular weight excluding hydrogens is 172 g/mol. The zero-order valence-corrected chi connectivity index (χ0v) is 9.61. The van der Waals surface area contributed by atoms with E-state index in [1.165, 1.54) is 0 Å². The predicted octanol–water partition coefficient (Wildman–Crippen LogP) is 3.31. The highest BCUT2D eigenvalue weighted by Crippen LogP contribution is 2.33. The third-order valence-corrected chi connectivity index (χ3v) is 2.71. The first kappa shape index (κ1) is 12.2. The van der Waals surface area contributed by atoms with E-state index in [9.17, 15) is 0 Å². The summed E-state index contributed by atoms with van der Waals surface area (Å²) in [4.78, 5) is 0. The van der Waals surface area contributed by atoms with Gasteiger partial charge in [0.15, 0.2) is 0 Å². The molecule has 2 atom stereocenters. The quantitative estimate of drug-likeness (QED) is 0.608. The molecular formula is C10H21ClO. The van der Waals surface area contributed by atoms with Gasteiger partial charge in [0.1, 0.15) is 0 Å². The molecule has 2 heteroatoms. The van der Waals surface area contributed by atoms with Gasteiger partial charge in [-0.2, -0.15) is 0 Å². The molecule has 0 radical (unpaired) electrons. The van der Waals surface area contributed by atoms with E-state index in [0.717, 1.165) is 13.0 Å². The highest BCUT2D eigenvalue weighted by molar-refractivity contribution is 6.20. The Bertz CT molecular complexity index is 121. The smallest absolute Gasteiger partial charge is 0.0492 e. The molecule has 0 bridgehead atoms. The molecule has 1 nitrogen and oxygen atoms in total. The van der Waals surface area contributed by atoms with Crippen molar-refractivity contribution < 1.29 is 4.74 Å². The van der Waals surface area contributed by atoms with Crippen LogP contribution in [0.5, 0.6) is 0 Å². The summed E-state index contributed by atoms with van der Waals surface area (Å²) in [6.45, 7) is 9.56. The van der Waals surface area contributed by atoms with Crippen LogP contribution in [0.1, 0.15) is 34.1 Å². The molecule has 0 amide bonds. The highest BCUT2D eigenvalue weighted by atomic mass is 35.5. The van der Waals surface area contributed by atoms with Gasteiger partial charge in [0.05, 0.1) is 0 Å². The Morgan fingerprint density at radius 3 is 2.17 bits per heavy atom. The van der Waals surface area contributed by atoms with Gasteiger partial charge in [-0.25, -0.2) is 0 Å². The summed E-state index contributed by atoms with van der Waals surface area (Å²) in [7, 11) is 1.75. The van der Waals surface area contributed by atoms with E-state index < -0.39 is 0 Å². The second kappa shape index (κ2) is 5.08. The summed E-state index contributed by atoms with van der Waals surface area (Å²) >= 11 is 5.97. The molecule has 0 spiro atoms. The third kappa shape index (κ3) is 4.32. The van der Waals surface area contributed by atoms with E-state index in [4.69, 9.17) is 16.3 Å². The van der Waals surface area contributed by atoms with Crippen molar-refractivity contribution in [1.29, 1.82) is 0 Å². The largest absolute Gasteiger partial charge is 0.384 e. The third-order valence-electron chi connectivity index (χ3n) is 2.56. The summed E-state index contributed by atoms with van der Waals surface area (Å²) in [6, 6.07) is 0. The Labute approximate surface area is 81.4 Å². The Hall–Kier alpha value is 0.250. The van der Waals surface area contributed by atoms with E-state index in [-0.39, 0.29) is 10.8 Å². The second-order valence-electron chi connectivity index (χ2n) is 4.33. The molecule has 0 heterocycles. The van der Waals surface area contributed by atoms with Crippen LogP contribution < -0.4 is 0 Å². The number of methoxy groups -OCH3 is 1. The fraction of sp³-hybridized carbons (Fsp3) is 1.00. The lowest BCUT2D eigenvalue weighted by atomic mass is 9.77. The summed E-state index contributed by atoms with van der Waals surface area (Å²) in [5.74, 6) is 0.559. The predicted molar refractivity (Wildman–Crippen MR) is 54.8 cm³/mol. The van der Waals surface area contributed by atoms with Gasteiger partial charge < -0.3 is 4.74 Å². The van der Waals surface area contributed by atoms with E-state index in [1.807, 2.05) is 6.92 Å². The van der Waals surface area contributed by atoms with Gasteiger partial charge in [0, 0.05) is 19.1 Å². The van der Waals surface area contributed by atoms with Crippen LogP contribution in [-0.2, 0) is 4.74 Å². The first-order chi connectivity index (χ1) is 5.40. The van der Waals surface area contributed by atoms with Gasteiger partial charge in [0.25, 0.3) is 0 Å². The topological polar surface area (TPSA) is 9.23 Å². The van der Waals surface area contributed by atoms with Crippen LogP contribution in [-0.4, -0.2) is 19.1 Å². The normalized spacial score (nSPS) is 17.5. The maximum atomic E-state index is 5.97. The maximum Gasteiger partial charge on any atom is 0.0492 e. The second-order valence-corrected chi connectivity index (χ2v) is 5.07. The molecule has 0 saturated heterocycles. The van der Waals surface area contributed by atoms with Crippen molar-refractivity contribution in [1.82, 2.24) is 0 Å². The van der Waals surface area contributed by atoms with Crippen molar-refractivity contribution >= 4 is 11.6 Å². The fourth-order valence-corrected chi connectivity index (χ4v) is 1.80. The number of alkyl halides is 1. The molecule has 2 unspecified atom stereocenters. The molecule has 0 aromatic carbocycles. The van der Waals surface area contributed by atoms with Crippen molar-refractivity contribution in [3.05, 3.63) is 0 Å². The van der Waals surface area contributed by atoms with Gasteiger partial charge in [-0.3, -0.25) is 0 Å².